The number of fused-ring (bicyclic) bond motifs is 1. The van der Waals surface area contributed by atoms with Crippen molar-refractivity contribution in [3.8, 4) is 0 Å². The Morgan fingerprint density at radius 3 is 2.77 bits per heavy atom. The summed E-state index contributed by atoms with van der Waals surface area (Å²) in [6.45, 7) is -0.768. The Bertz CT molecular complexity index is 924. The molecule has 2 fully saturated rings. The quantitative estimate of drug-likeness (QED) is 0.193. The lowest BCUT2D eigenvalue weighted by Gasteiger charge is -2.53. The van der Waals surface area contributed by atoms with Crippen LogP contribution >= 0.6 is 35.1 Å². The number of carboxylic acid groups (broad SMARTS) is 2. The first kappa shape index (κ1) is 22.1. The molecule has 1 aromatic heterocycles. The first-order chi connectivity index (χ1) is 14.2. The Morgan fingerprint density at radius 1 is 1.47 bits per heavy atom. The van der Waals surface area contributed by atoms with E-state index in [0.29, 0.717) is 0 Å². The molecule has 30 heavy (non-hydrogen) atoms. The van der Waals surface area contributed by atoms with Gasteiger partial charge in [0.15, 0.2) is 5.13 Å². The van der Waals surface area contributed by atoms with Gasteiger partial charge in [0.05, 0.1) is 0 Å². The van der Waals surface area contributed by atoms with E-state index in [0.717, 1.165) is 23.3 Å². The van der Waals surface area contributed by atoms with Crippen LogP contribution in [0.5, 0.6) is 0 Å². The number of rotatable bonds is 8. The number of oxime groups is 1. The van der Waals surface area contributed by atoms with Gasteiger partial charge in [0.25, 0.3) is 5.91 Å². The maximum absolute atomic E-state index is 12.7. The van der Waals surface area contributed by atoms with Crippen LogP contribution in [0.3, 0.4) is 0 Å². The number of aromatic nitrogens is 2. The Kier molecular flexibility index (Phi) is 6.37. The molecule has 0 spiro atoms. The molecule has 0 aliphatic carbocycles. The summed E-state index contributed by atoms with van der Waals surface area (Å²) in [6.07, 6.45) is 1.67. The topological polar surface area (TPSA) is 197 Å². The van der Waals surface area contributed by atoms with Gasteiger partial charge in [-0.2, -0.15) is 9.36 Å². The van der Waals surface area contributed by atoms with Gasteiger partial charge < -0.3 is 31.0 Å². The van der Waals surface area contributed by atoms with Crippen LogP contribution in [-0.2, 0) is 24.0 Å². The third-order valence-corrected chi connectivity index (χ3v) is 7.82. The van der Waals surface area contributed by atoms with E-state index in [4.69, 9.17) is 10.8 Å². The fourth-order valence-corrected chi connectivity index (χ4v) is 5.71. The van der Waals surface area contributed by atoms with Gasteiger partial charge in [0.1, 0.15) is 16.2 Å². The van der Waals surface area contributed by atoms with Crippen LogP contribution in [0.4, 0.5) is 5.13 Å². The average molecular weight is 477 g/mol. The number of hydrogen-bond acceptors (Lipinski definition) is 12. The van der Waals surface area contributed by atoms with Crippen molar-refractivity contribution in [3.63, 3.8) is 0 Å². The molecule has 2 amide bonds. The van der Waals surface area contributed by atoms with E-state index >= 15 is 0 Å². The number of amides is 2. The Balaban J connectivity index is 1.72. The van der Waals surface area contributed by atoms with Crippen LogP contribution < -0.4 is 11.1 Å². The number of nitrogens with two attached hydrogens (primary N) is 1. The number of carbonyl (C=O) groups is 4. The summed E-state index contributed by atoms with van der Waals surface area (Å²) in [4.78, 5) is 57.3. The molecule has 2 aliphatic rings. The molecule has 0 aromatic carbocycles. The van der Waals surface area contributed by atoms with Gasteiger partial charge in [-0.25, -0.2) is 4.79 Å². The Hall–Kier alpha value is -2.59. The molecule has 2 saturated heterocycles. The van der Waals surface area contributed by atoms with Gasteiger partial charge in [0.2, 0.25) is 24.1 Å². The standard InChI is InChI=1S/C14H16N6O7S3/c1-28-14(12(25)26)3-20-10(24)7(11(20)29-4-14)16-9(23)6(18-27-2-5(21)22)8-17-13(15)30-19-8/h7,11H,2-4H2,1H3,(H,16,23)(H,21,22)(H,25,26)(H2,15,17,19)/t7?,11-,14?/m1/s1. The number of β-lactam (4-membered cyclic amide) rings is 1. The molecule has 3 atom stereocenters. The number of carboxylic acids is 2. The Labute approximate surface area is 181 Å². The van der Waals surface area contributed by atoms with Crippen molar-refractivity contribution in [2.75, 3.05) is 30.9 Å². The summed E-state index contributed by atoms with van der Waals surface area (Å²) < 4.78 is 2.75. The van der Waals surface area contributed by atoms with Gasteiger partial charge in [-0.1, -0.05) is 5.16 Å². The third-order valence-electron chi connectivity index (χ3n) is 4.33. The maximum Gasteiger partial charge on any atom is 0.344 e. The van der Waals surface area contributed by atoms with E-state index in [9.17, 15) is 24.3 Å². The molecule has 0 bridgehead atoms. The maximum atomic E-state index is 12.7. The first-order valence-corrected chi connectivity index (χ1v) is 11.3. The second kappa shape index (κ2) is 8.65. The highest BCUT2D eigenvalue weighted by atomic mass is 32.2. The fraction of sp³-hybridized carbons (Fsp3) is 0.500. The van der Waals surface area contributed by atoms with Crippen LogP contribution in [0.15, 0.2) is 5.16 Å². The third kappa shape index (κ3) is 4.15. The molecule has 162 valence electrons. The molecule has 3 rings (SSSR count). The molecule has 16 heteroatoms. The predicted octanol–water partition coefficient (Wildman–Crippen LogP) is -1.49. The normalized spacial score (nSPS) is 25.8. The highest BCUT2D eigenvalue weighted by Crippen LogP contribution is 2.43. The number of hydrogen-bond donors (Lipinski definition) is 4. The molecule has 0 saturated carbocycles. The smallest absolute Gasteiger partial charge is 0.344 e. The summed E-state index contributed by atoms with van der Waals surface area (Å²) in [5.41, 5.74) is 5.08. The molecular weight excluding hydrogens is 460 g/mol. The zero-order chi connectivity index (χ0) is 22.1. The number of nitrogens with zero attached hydrogens (tertiary/aromatic N) is 4. The summed E-state index contributed by atoms with van der Waals surface area (Å²) in [7, 11) is 0. The van der Waals surface area contributed by atoms with E-state index in [1.54, 1.807) is 6.26 Å². The lowest BCUT2D eigenvalue weighted by molar-refractivity contribution is -0.151. The van der Waals surface area contributed by atoms with Crippen molar-refractivity contribution >= 4 is 69.7 Å². The summed E-state index contributed by atoms with van der Waals surface area (Å²) in [6, 6.07) is -0.906. The summed E-state index contributed by atoms with van der Waals surface area (Å²) in [5.74, 6) is -3.50. The van der Waals surface area contributed by atoms with Crippen molar-refractivity contribution in [1.82, 2.24) is 19.6 Å². The van der Waals surface area contributed by atoms with Gasteiger partial charge in [-0.3, -0.25) is 14.4 Å². The van der Waals surface area contributed by atoms with E-state index in [2.05, 4.69) is 24.7 Å². The average Bonchev–Trinajstić information content (AvgIpc) is 3.14. The molecule has 13 nitrogen and oxygen atoms in total. The number of nitrogens with one attached hydrogen (secondary N) is 1. The summed E-state index contributed by atoms with van der Waals surface area (Å²) >= 11 is 3.21. The highest BCUT2D eigenvalue weighted by Gasteiger charge is 2.57. The van der Waals surface area contributed by atoms with Crippen molar-refractivity contribution < 1.29 is 34.2 Å². The first-order valence-electron chi connectivity index (χ1n) is 8.21. The zero-order valence-corrected chi connectivity index (χ0v) is 17.8. The van der Waals surface area contributed by atoms with Gasteiger partial charge in [-0.05, 0) is 6.26 Å². The Morgan fingerprint density at radius 2 is 2.20 bits per heavy atom. The van der Waals surface area contributed by atoms with Crippen molar-refractivity contribution in [2.24, 2.45) is 5.16 Å². The zero-order valence-electron chi connectivity index (χ0n) is 15.3. The van der Waals surface area contributed by atoms with Gasteiger partial charge in [-0.15, -0.1) is 23.5 Å². The number of nitrogen functional groups attached to an aromatic ring is 1. The van der Waals surface area contributed by atoms with Crippen LogP contribution in [0.25, 0.3) is 0 Å². The minimum atomic E-state index is -1.30. The van der Waals surface area contributed by atoms with Crippen molar-refractivity contribution in [3.05, 3.63) is 5.82 Å². The SMILES string of the molecule is CSC1(C(=O)O)CS[C@@H]2C(NC(=O)C(=NOCC(=O)O)c3nsc(N)n3)C(=O)N2C1. The largest absolute Gasteiger partial charge is 0.480 e. The fourth-order valence-electron chi connectivity index (χ4n) is 2.77. The predicted molar refractivity (Wildman–Crippen MR) is 108 cm³/mol. The van der Waals surface area contributed by atoms with E-state index < -0.39 is 52.2 Å². The monoisotopic (exact) mass is 476 g/mol. The number of thioether (sulfide) groups is 2. The lowest BCUT2D eigenvalue weighted by atomic mass is 10.0. The molecular formula is C14H16N6O7S3. The minimum absolute atomic E-state index is 0.0270. The van der Waals surface area contributed by atoms with Gasteiger partial charge in [0, 0.05) is 23.8 Å². The molecule has 1 aromatic rings. The van der Waals surface area contributed by atoms with Crippen LogP contribution in [0, 0.1) is 0 Å². The highest BCUT2D eigenvalue weighted by molar-refractivity contribution is 8.04. The minimum Gasteiger partial charge on any atom is -0.480 e. The van der Waals surface area contributed by atoms with Crippen molar-refractivity contribution in [2.45, 2.75) is 16.2 Å². The number of aliphatic carboxylic acids is 2. The van der Waals surface area contributed by atoms with E-state index in [1.807, 2.05) is 0 Å². The number of anilines is 1. The molecule has 0 radical (unpaired) electrons. The van der Waals surface area contributed by atoms with Gasteiger partial charge >= 0.3 is 11.9 Å². The van der Waals surface area contributed by atoms with E-state index in [1.165, 1.54) is 16.7 Å². The van der Waals surface area contributed by atoms with Crippen LogP contribution in [-0.4, -0.2) is 95.3 Å². The number of carbonyl (C=O) groups excluding carboxylic acids is 2. The second-order valence-corrected chi connectivity index (χ2v) is 9.26. The van der Waals surface area contributed by atoms with Crippen LogP contribution in [0.2, 0.25) is 0 Å². The van der Waals surface area contributed by atoms with Crippen molar-refractivity contribution in [1.29, 1.82) is 0 Å². The van der Waals surface area contributed by atoms with E-state index in [-0.39, 0.29) is 23.3 Å². The molecule has 3 heterocycles. The van der Waals surface area contributed by atoms with Crippen LogP contribution in [0.1, 0.15) is 5.82 Å². The summed E-state index contributed by atoms with van der Waals surface area (Å²) in [5, 5.41) is 23.8. The lowest BCUT2D eigenvalue weighted by Crippen LogP contribution is -2.74. The molecule has 2 unspecified atom stereocenters. The molecule has 5 N–H and O–H groups in total. The second-order valence-electron chi connectivity index (χ2n) is 6.19. The molecule has 2 aliphatic heterocycles.